The summed E-state index contributed by atoms with van der Waals surface area (Å²) in [4.78, 5) is 71.2. The number of aryl methyl sites for hydroxylation is 1. The fourth-order valence-corrected chi connectivity index (χ4v) is 17.7. The van der Waals surface area contributed by atoms with Gasteiger partial charge in [-0.3, -0.25) is 4.79 Å². The molecule has 0 aliphatic carbocycles. The second-order valence-corrected chi connectivity index (χ2v) is 37.6. The summed E-state index contributed by atoms with van der Waals surface area (Å²) in [6, 6.07) is 32.6. The van der Waals surface area contributed by atoms with Crippen molar-refractivity contribution in [3.05, 3.63) is 201 Å². The van der Waals surface area contributed by atoms with Gasteiger partial charge in [-0.1, -0.05) is 102 Å². The van der Waals surface area contributed by atoms with E-state index in [-0.39, 0.29) is 100 Å². The molecule has 0 spiro atoms. The molecule has 7 aromatic rings. The van der Waals surface area contributed by atoms with Gasteiger partial charge in [-0.05, 0) is 255 Å². The minimum absolute atomic E-state index is 0.00985. The Morgan fingerprint density at radius 3 is 0.908 bits per heavy atom. The molecule has 0 fully saturated rings. The van der Waals surface area contributed by atoms with Crippen molar-refractivity contribution >= 4 is 58.4 Å². The molecule has 0 aromatic heterocycles. The lowest BCUT2D eigenvalue weighted by atomic mass is 9.72. The molecule has 120 heavy (non-hydrogen) atoms. The van der Waals surface area contributed by atoms with Crippen molar-refractivity contribution in [2.45, 2.75) is 273 Å². The third kappa shape index (κ3) is 23.1. The van der Waals surface area contributed by atoms with Crippen molar-refractivity contribution in [2.75, 3.05) is 13.2 Å². The zero-order valence-electron chi connectivity index (χ0n) is 73.5. The van der Waals surface area contributed by atoms with Gasteiger partial charge in [-0.15, -0.1) is 0 Å². The van der Waals surface area contributed by atoms with Crippen LogP contribution in [0.15, 0.2) is 97.1 Å². The van der Waals surface area contributed by atoms with Gasteiger partial charge in [0.1, 0.15) is 104 Å². The Labute approximate surface area is 717 Å². The number of esters is 4. The first-order valence-corrected chi connectivity index (χ1v) is 41.0. The Balaban J connectivity index is 0.000000208. The number of fused-ring (bicyclic) bond motifs is 5. The fourth-order valence-electron chi connectivity index (χ4n) is 17.0. The van der Waals surface area contributed by atoms with Crippen LogP contribution in [0.2, 0.25) is 0 Å². The van der Waals surface area contributed by atoms with Gasteiger partial charge >= 0.3 is 35.8 Å². The summed E-state index contributed by atoms with van der Waals surface area (Å²) in [6.45, 7) is 51.0. The minimum atomic E-state index is -1.16. The number of aromatic carboxylic acids is 1. The van der Waals surface area contributed by atoms with Crippen molar-refractivity contribution in [1.82, 2.24) is 0 Å². The normalized spacial score (nSPS) is 17.2. The number of hydrogen-bond acceptors (Lipinski definition) is 19. The van der Waals surface area contributed by atoms with E-state index in [0.717, 1.165) is 68.9 Å². The number of carboxylic acid groups (broad SMARTS) is 2. The van der Waals surface area contributed by atoms with E-state index in [2.05, 4.69) is 96.2 Å². The number of ether oxygens (including phenoxy) is 9. The van der Waals surface area contributed by atoms with Crippen LogP contribution in [0, 0.1) is 60.5 Å². The summed E-state index contributed by atoms with van der Waals surface area (Å²) in [5.41, 5.74) is 4.74. The van der Waals surface area contributed by atoms with Crippen LogP contribution < -0.4 is 33.2 Å². The smallest absolute Gasteiger partial charge is 0.343 e. The highest BCUT2D eigenvalue weighted by atomic mass is 127. The van der Waals surface area contributed by atoms with Gasteiger partial charge in [-0.2, -0.15) is 21.0 Å². The molecule has 12 rings (SSSR count). The van der Waals surface area contributed by atoms with E-state index in [1.54, 1.807) is 49.4 Å². The van der Waals surface area contributed by atoms with Crippen molar-refractivity contribution < 1.29 is 90.4 Å². The van der Waals surface area contributed by atoms with E-state index in [4.69, 9.17) is 52.8 Å². The summed E-state index contributed by atoms with van der Waals surface area (Å²) in [7, 11) is 0. The van der Waals surface area contributed by atoms with Crippen LogP contribution in [0.3, 0.4) is 0 Å². The van der Waals surface area contributed by atoms with Gasteiger partial charge in [0.05, 0.1) is 73.3 Å². The molecule has 0 atom stereocenters. The van der Waals surface area contributed by atoms with Crippen LogP contribution in [0.4, 0.5) is 8.78 Å². The third-order valence-corrected chi connectivity index (χ3v) is 21.5. The number of nitrogens with zero attached hydrogens (tertiary/aromatic N) is 4. The lowest BCUT2D eigenvalue weighted by Gasteiger charge is -2.43. The molecule has 5 heterocycles. The van der Waals surface area contributed by atoms with Crippen molar-refractivity contribution in [3.63, 3.8) is 0 Å². The summed E-state index contributed by atoms with van der Waals surface area (Å²) in [6.07, 6.45) is 4.00. The lowest BCUT2D eigenvalue weighted by Crippen LogP contribution is -2.41. The number of carbonyl (C=O) groups excluding carboxylic acids is 4. The largest absolute Gasteiger partial charge is 0.486 e. The number of hydrogen-bond donors (Lipinski definition) is 2. The zero-order valence-corrected chi connectivity index (χ0v) is 75.7. The summed E-state index contributed by atoms with van der Waals surface area (Å²) in [5, 5.41) is 55.7. The Bertz CT molecular complexity index is 5330. The lowest BCUT2D eigenvalue weighted by molar-refractivity contribution is -0.136. The number of nitriles is 4. The van der Waals surface area contributed by atoms with Crippen LogP contribution in [0.25, 0.3) is 0 Å². The first-order valence-electron chi connectivity index (χ1n) is 39.9. The summed E-state index contributed by atoms with van der Waals surface area (Å²) < 4.78 is 79.8. The molecule has 5 aliphatic heterocycles. The molecule has 638 valence electrons. The number of carbonyl (C=O) groups is 6. The SMILES string of the molecule is CC.CC1(C)CC(C)(C)c2cc(C(=O)O)cc(C#N)c2O1.CC1(C)CC(C)(C)c2cc(C(=O)Oc3ccc(CC(=O)O)c(F)c3)cc(C#N)c2O1.CCOC(=O)c1cc(C#N)c2c(c1)C(C)(C)CC(C)(C)O2.CCOC(=O)c1cc(I)c2c(c1)C(C)(C)CC(C)(C)O2.CCc1ccc(OC(=O)c2cc(C#N)c3c(c2)C(C)(C)CC(C)(C)O3)cc1F. The maximum atomic E-state index is 14.1. The van der Waals surface area contributed by atoms with E-state index >= 15 is 0 Å². The van der Waals surface area contributed by atoms with Gasteiger partial charge < -0.3 is 52.8 Å². The maximum Gasteiger partial charge on any atom is 0.343 e. The van der Waals surface area contributed by atoms with Crippen molar-refractivity contribution in [2.24, 2.45) is 0 Å². The number of carboxylic acids is 2. The van der Waals surface area contributed by atoms with Crippen LogP contribution in [-0.4, -0.2) is 87.2 Å². The van der Waals surface area contributed by atoms with E-state index in [1.165, 1.54) is 36.4 Å². The van der Waals surface area contributed by atoms with E-state index in [0.29, 0.717) is 71.3 Å². The monoisotopic (exact) mass is 1760 g/mol. The number of halogens is 3. The molecule has 21 nitrogen and oxygen atoms in total. The molecule has 0 amide bonds. The van der Waals surface area contributed by atoms with Crippen LogP contribution >= 0.6 is 22.6 Å². The summed E-state index contributed by atoms with van der Waals surface area (Å²) >= 11 is 2.23. The number of aliphatic carboxylic acids is 1. The first-order chi connectivity index (χ1) is 55.5. The maximum absolute atomic E-state index is 14.1. The molecular weight excluding hydrogens is 1650 g/mol. The standard InChI is InChI=1S/C23H22FNO5.C23H24FNO3.C17H21NO3.C16H21IO3.C15H17NO3.C2H6/c1-22(2)12-23(3,4)30-20-15(11-25)7-14(8-17(20)22)21(28)29-16-6-5-13(9-19(26)27)18(24)10-16;1-6-14-7-8-17(11-19(14)24)27-21(26)15-9-16(12-25)20-18(10-15)22(2,3)13-23(4,5)28-20;1-6-20-15(19)11-7-12(9-18)14-13(8-11)16(2,3)10-17(4,5)21-14;1-6-19-14(18)10-7-11-13(12(17)8-10)20-16(4,5)9-15(11,2)3;1-14(2)8-15(3,4)19-12-10(7-16)5-9(13(17)18)6-11(12)14;1-2/h5-8,10H,9,12H2,1-4H3,(H,26,27);7-11H,6,13H2,1-5H3;7-8H,6,10H2,1-5H3;7-8H,6,9H2,1-5H3;5-6H,8H2,1-4H3,(H,17,18);1-2H3. The fraction of sp³-hybridized carbons (Fsp3) is 0.458. The molecular formula is C96H111F2IN4O17. The van der Waals surface area contributed by atoms with Crippen LogP contribution in [0.5, 0.6) is 40.2 Å². The molecule has 24 heteroatoms. The molecule has 0 unspecified atom stereocenters. The van der Waals surface area contributed by atoms with Gasteiger partial charge in [0.25, 0.3) is 0 Å². The predicted octanol–water partition coefficient (Wildman–Crippen LogP) is 21.7. The van der Waals surface area contributed by atoms with Gasteiger partial charge in [0, 0.05) is 39.9 Å². The Hall–Kier alpha value is -11.1. The van der Waals surface area contributed by atoms with Crippen LogP contribution in [-0.2, 0) is 54.2 Å². The Morgan fingerprint density at radius 1 is 0.383 bits per heavy atom. The average molecular weight is 1760 g/mol. The topological polar surface area (TPSA) is 321 Å². The molecule has 7 aromatic carbocycles. The third-order valence-electron chi connectivity index (χ3n) is 20.7. The second kappa shape index (κ2) is 36.9. The highest BCUT2D eigenvalue weighted by Gasteiger charge is 2.46. The molecule has 0 radical (unpaired) electrons. The quantitative estimate of drug-likeness (QED) is 0.0652. The predicted molar refractivity (Wildman–Crippen MR) is 459 cm³/mol. The van der Waals surface area contributed by atoms with E-state index < -0.39 is 59.1 Å². The van der Waals surface area contributed by atoms with Crippen LogP contribution in [0.1, 0.15) is 318 Å². The highest BCUT2D eigenvalue weighted by Crippen LogP contribution is 2.52. The first kappa shape index (κ1) is 96.0. The Kier molecular flexibility index (Phi) is 29.5. The van der Waals surface area contributed by atoms with Crippen molar-refractivity contribution in [3.8, 4) is 64.5 Å². The van der Waals surface area contributed by atoms with Gasteiger partial charge in [0.15, 0.2) is 0 Å². The second-order valence-electron chi connectivity index (χ2n) is 36.5. The van der Waals surface area contributed by atoms with E-state index in [9.17, 15) is 58.6 Å². The van der Waals surface area contributed by atoms with Gasteiger partial charge in [-0.25, -0.2) is 32.8 Å². The molecule has 0 bridgehead atoms. The summed E-state index contributed by atoms with van der Waals surface area (Å²) in [5.74, 6) is -2.37. The van der Waals surface area contributed by atoms with E-state index in [1.807, 2.05) is 129 Å². The minimum Gasteiger partial charge on any atom is -0.486 e. The molecule has 0 saturated heterocycles. The average Bonchev–Trinajstić information content (AvgIpc) is 0.416. The molecule has 2 N–H and O–H groups in total. The number of benzene rings is 7. The number of rotatable bonds is 12. The Morgan fingerprint density at radius 2 is 0.642 bits per heavy atom. The molecule has 0 saturated carbocycles. The molecule has 5 aliphatic rings. The van der Waals surface area contributed by atoms with Gasteiger partial charge in [0.2, 0.25) is 0 Å². The van der Waals surface area contributed by atoms with Crippen molar-refractivity contribution in [1.29, 1.82) is 21.0 Å². The highest BCUT2D eigenvalue weighted by molar-refractivity contribution is 14.1. The zero-order chi connectivity index (χ0) is 90.3.